The average Bonchev–Trinajstić information content (AvgIpc) is 2.50. The number of rotatable bonds is 1. The Hall–Kier alpha value is -2.50. The van der Waals surface area contributed by atoms with Crippen molar-refractivity contribution < 1.29 is 16.4 Å². The highest BCUT2D eigenvalue weighted by Crippen LogP contribution is 2.24. The first kappa shape index (κ1) is 8.71. The van der Waals surface area contributed by atoms with Gasteiger partial charge >= 0.3 is 0 Å². The lowest BCUT2D eigenvalue weighted by Gasteiger charge is -2.24. The molecule has 1 saturated carbocycles. The van der Waals surface area contributed by atoms with Crippen LogP contribution in [0.1, 0.15) is 37.9 Å². The van der Waals surface area contributed by atoms with Crippen molar-refractivity contribution in [1.82, 2.24) is 9.55 Å². The van der Waals surface area contributed by atoms with E-state index in [9.17, 15) is 14.4 Å². The summed E-state index contributed by atoms with van der Waals surface area (Å²) in [7, 11) is 0. The maximum absolute atomic E-state index is 13.0. The molecule has 0 spiro atoms. The number of carbonyl (C=O) groups excluding carboxylic acids is 2. The molecule has 6 heteroatoms. The number of ketones is 2. The molecule has 2 atom stereocenters. The number of nitrogens with two attached hydrogens (primary N) is 1. The lowest BCUT2D eigenvalue weighted by Crippen LogP contribution is -2.36. The Morgan fingerprint density at radius 1 is 1.48 bits per heavy atom. The van der Waals surface area contributed by atoms with Gasteiger partial charge in [-0.25, -0.2) is 4.98 Å². The van der Waals surface area contributed by atoms with Crippen LogP contribution in [0.4, 0.5) is 5.69 Å². The molecule has 1 heterocycles. The molecule has 6 nitrogen and oxygen atoms in total. The maximum atomic E-state index is 13.0. The second-order valence-corrected chi connectivity index (χ2v) is 4.67. The van der Waals surface area contributed by atoms with Crippen molar-refractivity contribution in [3.63, 3.8) is 0 Å². The first-order chi connectivity index (χ1) is 11.9. The number of hydrogen-bond acceptors (Lipinski definition) is 5. The van der Waals surface area contributed by atoms with Crippen LogP contribution in [0, 0.1) is 6.92 Å². The Kier molecular flexibility index (Phi) is 1.99. The van der Waals surface area contributed by atoms with Crippen LogP contribution in [0.5, 0.6) is 0 Å². The Bertz CT molecular complexity index is 1040. The molecule has 108 valence electrons. The highest BCUT2D eigenvalue weighted by molar-refractivity contribution is 6.03. The number of benzene rings is 1. The Balaban J connectivity index is 2.43. The summed E-state index contributed by atoms with van der Waals surface area (Å²) in [5.41, 5.74) is 4.86. The molecule has 2 unspecified atom stereocenters. The van der Waals surface area contributed by atoms with Gasteiger partial charge in [0.2, 0.25) is 0 Å². The summed E-state index contributed by atoms with van der Waals surface area (Å²) in [6, 6.07) is -0.326. The second-order valence-electron chi connectivity index (χ2n) is 4.67. The largest absolute Gasteiger partial charge is 0.398 e. The van der Waals surface area contributed by atoms with E-state index in [1.165, 1.54) is 19.1 Å². The van der Waals surface area contributed by atoms with Gasteiger partial charge in [0.05, 0.1) is 26.1 Å². The number of Topliss-reactive ketones (excluding diaryl/α,β-unsaturated/α-hetero) is 2. The minimum atomic E-state index is -2.95. The fourth-order valence-corrected chi connectivity index (χ4v) is 2.28. The molecule has 0 radical (unpaired) electrons. The summed E-state index contributed by atoms with van der Waals surface area (Å²) in [4.78, 5) is 41.3. The number of anilines is 1. The minimum Gasteiger partial charge on any atom is -0.398 e. The highest BCUT2D eigenvalue weighted by Gasteiger charge is 2.30. The number of nitrogens with zero attached hydrogens (tertiary/aromatic N) is 2. The highest BCUT2D eigenvalue weighted by atomic mass is 16.2. The van der Waals surface area contributed by atoms with Crippen molar-refractivity contribution in [2.24, 2.45) is 0 Å². The molecular weight excluding hydrogens is 270 g/mol. The van der Waals surface area contributed by atoms with Gasteiger partial charge in [0, 0.05) is 16.2 Å². The molecular formula is C15H15N3O3. The van der Waals surface area contributed by atoms with Gasteiger partial charge in [0.15, 0.2) is 5.78 Å². The molecule has 21 heavy (non-hydrogen) atoms. The van der Waals surface area contributed by atoms with Gasteiger partial charge in [-0.15, -0.1) is 0 Å². The van der Waals surface area contributed by atoms with Crippen LogP contribution >= 0.6 is 0 Å². The SMILES string of the molecule is [2H]c1cc(N)c2c(=O)n(C3([2H])C(=O)CC(=O)C([2H])C3([2H])[2H])c(C)nc2c1. The van der Waals surface area contributed by atoms with Gasteiger partial charge in [-0.2, -0.15) is 0 Å². The van der Waals surface area contributed by atoms with Crippen LogP contribution in [-0.4, -0.2) is 21.1 Å². The molecule has 0 bridgehead atoms. The van der Waals surface area contributed by atoms with E-state index in [4.69, 9.17) is 12.6 Å². The average molecular weight is 290 g/mol. The molecule has 1 aromatic carbocycles. The van der Waals surface area contributed by atoms with Crippen molar-refractivity contribution in [3.05, 3.63) is 34.4 Å². The third-order valence-electron chi connectivity index (χ3n) is 3.22. The standard InChI is InChI=1S/C15H15N3O3/c1-8-17-11-4-2-3-10(16)14(11)15(21)18(8)12-6-5-9(19)7-13(12)20/h2-4,12H,5-7,16H2,1H3/i2D,5D,6D2,12D. The van der Waals surface area contributed by atoms with Crippen LogP contribution in [0.2, 0.25) is 0 Å². The summed E-state index contributed by atoms with van der Waals surface area (Å²) < 4.78 is 40.6. The van der Waals surface area contributed by atoms with E-state index in [-0.39, 0.29) is 28.5 Å². The molecule has 0 aliphatic heterocycles. The van der Waals surface area contributed by atoms with E-state index in [0.29, 0.717) is 4.57 Å². The number of hydrogen-bond donors (Lipinski definition) is 1. The lowest BCUT2D eigenvalue weighted by atomic mass is 9.92. The molecule has 2 N–H and O–H groups in total. The Morgan fingerprint density at radius 3 is 3.00 bits per heavy atom. The smallest absolute Gasteiger partial charge is 0.264 e. The van der Waals surface area contributed by atoms with E-state index >= 15 is 0 Å². The summed E-state index contributed by atoms with van der Waals surface area (Å²) in [5, 5.41) is -0.153. The number of carbonyl (C=O) groups is 2. The second kappa shape index (κ2) is 4.80. The zero-order chi connectivity index (χ0) is 19.6. The zero-order valence-corrected chi connectivity index (χ0v) is 11.1. The van der Waals surface area contributed by atoms with E-state index < -0.39 is 42.3 Å². The van der Waals surface area contributed by atoms with Crippen LogP contribution in [0.25, 0.3) is 10.9 Å². The molecule has 0 amide bonds. The van der Waals surface area contributed by atoms with Gasteiger partial charge in [-0.05, 0) is 25.4 Å². The topological polar surface area (TPSA) is 95.0 Å². The third-order valence-corrected chi connectivity index (χ3v) is 3.22. The number of aryl methyl sites for hydroxylation is 1. The third kappa shape index (κ3) is 2.12. The molecule has 2 aromatic rings. The van der Waals surface area contributed by atoms with Crippen molar-refractivity contribution >= 4 is 28.2 Å². The summed E-state index contributed by atoms with van der Waals surface area (Å²) >= 11 is 0. The van der Waals surface area contributed by atoms with E-state index in [2.05, 4.69) is 4.98 Å². The van der Waals surface area contributed by atoms with Crippen LogP contribution < -0.4 is 11.3 Å². The number of aromatic nitrogens is 2. The summed E-state index contributed by atoms with van der Waals surface area (Å²) in [6.45, 7) is 1.31. The minimum absolute atomic E-state index is 0.0144. The van der Waals surface area contributed by atoms with Crippen molar-refractivity contribution in [1.29, 1.82) is 0 Å². The Morgan fingerprint density at radius 2 is 2.24 bits per heavy atom. The normalized spacial score (nSPS) is 32.0. The molecule has 1 fully saturated rings. The maximum Gasteiger partial charge on any atom is 0.264 e. The molecule has 1 aliphatic rings. The molecule has 0 saturated heterocycles. The summed E-state index contributed by atoms with van der Waals surface area (Å²) in [6.07, 6.45) is -5.76. The van der Waals surface area contributed by atoms with Crippen molar-refractivity contribution in [2.75, 3.05) is 5.73 Å². The quantitative estimate of drug-likeness (QED) is 0.628. The van der Waals surface area contributed by atoms with Gasteiger partial charge in [0.25, 0.3) is 5.56 Å². The van der Waals surface area contributed by atoms with Gasteiger partial charge in [0.1, 0.15) is 11.6 Å². The predicted molar refractivity (Wildman–Crippen MR) is 78.1 cm³/mol. The van der Waals surface area contributed by atoms with E-state index in [0.717, 1.165) is 0 Å². The predicted octanol–water partition coefficient (Wildman–Crippen LogP) is 1.15. The van der Waals surface area contributed by atoms with Gasteiger partial charge < -0.3 is 5.73 Å². The van der Waals surface area contributed by atoms with Crippen LogP contribution in [0.15, 0.2) is 23.0 Å². The number of fused-ring (bicyclic) bond motifs is 1. The van der Waals surface area contributed by atoms with Gasteiger partial charge in [-0.3, -0.25) is 19.0 Å². The molecule has 1 aliphatic carbocycles. The first-order valence-corrected chi connectivity index (χ1v) is 6.21. The summed E-state index contributed by atoms with van der Waals surface area (Å²) in [5.74, 6) is -2.22. The van der Waals surface area contributed by atoms with Crippen molar-refractivity contribution in [2.45, 2.75) is 32.1 Å². The fourth-order valence-electron chi connectivity index (χ4n) is 2.28. The fraction of sp³-hybridized carbons (Fsp3) is 0.333. The molecule has 1 aromatic heterocycles. The Labute approximate surface area is 127 Å². The van der Waals surface area contributed by atoms with Crippen molar-refractivity contribution in [3.8, 4) is 0 Å². The first-order valence-electron chi connectivity index (χ1n) is 8.79. The van der Waals surface area contributed by atoms with E-state index in [1.807, 2.05) is 0 Å². The zero-order valence-electron chi connectivity index (χ0n) is 16.1. The van der Waals surface area contributed by atoms with Gasteiger partial charge in [-0.1, -0.05) is 6.04 Å². The monoisotopic (exact) mass is 290 g/mol. The molecule has 3 rings (SSSR count). The lowest BCUT2D eigenvalue weighted by molar-refractivity contribution is -0.132. The van der Waals surface area contributed by atoms with E-state index in [1.54, 1.807) is 0 Å². The van der Waals surface area contributed by atoms with Crippen LogP contribution in [0.3, 0.4) is 0 Å². The van der Waals surface area contributed by atoms with Crippen LogP contribution in [-0.2, 0) is 9.59 Å². The number of nitrogen functional groups attached to an aromatic ring is 1.